The maximum atomic E-state index is 14.7. The van der Waals surface area contributed by atoms with Crippen molar-refractivity contribution in [3.8, 4) is 5.75 Å². The topological polar surface area (TPSA) is 70.7 Å². The van der Waals surface area contributed by atoms with Crippen molar-refractivity contribution >= 4 is 11.7 Å². The van der Waals surface area contributed by atoms with Gasteiger partial charge in [-0.3, -0.25) is 15.0 Å². The van der Waals surface area contributed by atoms with Crippen LogP contribution in [0.2, 0.25) is 0 Å². The highest BCUT2D eigenvalue weighted by atomic mass is 19.1. The van der Waals surface area contributed by atoms with Crippen LogP contribution in [0.15, 0.2) is 109 Å². The molecule has 1 saturated heterocycles. The van der Waals surface area contributed by atoms with E-state index in [4.69, 9.17) is 4.74 Å². The van der Waals surface area contributed by atoms with Gasteiger partial charge >= 0.3 is 0 Å². The molecule has 6 nitrogen and oxygen atoms in total. The number of methoxy groups -OCH3 is 1. The molecule has 0 spiro atoms. The van der Waals surface area contributed by atoms with E-state index in [9.17, 15) is 14.0 Å². The average molecular weight is 606 g/mol. The molecule has 1 saturated carbocycles. The fourth-order valence-corrected chi connectivity index (χ4v) is 7.04. The Hall–Kier alpha value is -4.33. The van der Waals surface area contributed by atoms with Gasteiger partial charge in [-0.1, -0.05) is 104 Å². The quantitative estimate of drug-likeness (QED) is 0.191. The van der Waals surface area contributed by atoms with E-state index in [0.717, 1.165) is 48.1 Å². The number of hydrogen-bond donors (Lipinski definition) is 2. The summed E-state index contributed by atoms with van der Waals surface area (Å²) in [6.45, 7) is 0.249. The third-order valence-electron chi connectivity index (χ3n) is 9.25. The van der Waals surface area contributed by atoms with Crippen molar-refractivity contribution in [3.63, 3.8) is 0 Å². The molecule has 2 aliphatic rings. The smallest absolute Gasteiger partial charge is 0.239 e. The minimum atomic E-state index is -0.695. The van der Waals surface area contributed by atoms with Crippen LogP contribution in [0.4, 0.5) is 4.39 Å². The molecule has 1 aliphatic carbocycles. The van der Waals surface area contributed by atoms with Crippen LogP contribution in [-0.4, -0.2) is 35.9 Å². The minimum Gasteiger partial charge on any atom is -0.497 e. The van der Waals surface area contributed by atoms with Crippen molar-refractivity contribution < 1.29 is 18.7 Å². The third kappa shape index (κ3) is 6.85. The molecule has 2 fully saturated rings. The number of rotatable bonds is 10. The van der Waals surface area contributed by atoms with E-state index >= 15 is 0 Å². The number of ketones is 1. The SMILES string of the molecule is COc1ccc(C2C(C(=O)c3ccccc3)C(c3ccccc3)C(C(=O)NCc3ccc(F)cc3)N2NC2CCCCC2)cc1. The third-order valence-corrected chi connectivity index (χ3v) is 9.25. The molecule has 0 radical (unpaired) electrons. The molecule has 45 heavy (non-hydrogen) atoms. The first kappa shape index (κ1) is 30.7. The van der Waals surface area contributed by atoms with Crippen molar-refractivity contribution in [1.29, 1.82) is 0 Å². The number of hydrazine groups is 1. The number of carbonyl (C=O) groups is 2. The minimum absolute atomic E-state index is 0.00505. The Labute approximate surface area is 264 Å². The highest BCUT2D eigenvalue weighted by molar-refractivity contribution is 6.00. The Balaban J connectivity index is 1.48. The Morgan fingerprint density at radius 2 is 1.44 bits per heavy atom. The zero-order chi connectivity index (χ0) is 31.2. The summed E-state index contributed by atoms with van der Waals surface area (Å²) in [4.78, 5) is 29.2. The number of Topliss-reactive ketones (excluding diaryl/α,β-unsaturated/α-hetero) is 1. The molecule has 2 N–H and O–H groups in total. The highest BCUT2D eigenvalue weighted by Gasteiger charge is 2.56. The molecule has 0 aromatic heterocycles. The fourth-order valence-electron chi connectivity index (χ4n) is 7.04. The van der Waals surface area contributed by atoms with Crippen LogP contribution in [-0.2, 0) is 11.3 Å². The predicted molar refractivity (Wildman–Crippen MR) is 173 cm³/mol. The summed E-state index contributed by atoms with van der Waals surface area (Å²) < 4.78 is 19.1. The summed E-state index contributed by atoms with van der Waals surface area (Å²) in [7, 11) is 1.64. The zero-order valence-corrected chi connectivity index (χ0v) is 25.6. The van der Waals surface area contributed by atoms with Crippen LogP contribution >= 0.6 is 0 Å². The first-order valence-corrected chi connectivity index (χ1v) is 15.9. The summed E-state index contributed by atoms with van der Waals surface area (Å²) in [5.74, 6) is -0.802. The molecule has 6 rings (SSSR count). The largest absolute Gasteiger partial charge is 0.497 e. The van der Waals surface area contributed by atoms with Gasteiger partial charge in [-0.15, -0.1) is 0 Å². The molecule has 1 aliphatic heterocycles. The van der Waals surface area contributed by atoms with Crippen molar-refractivity contribution in [2.24, 2.45) is 5.92 Å². The number of halogens is 1. The van der Waals surface area contributed by atoms with Crippen LogP contribution < -0.4 is 15.5 Å². The molecule has 0 bridgehead atoms. The molecule has 4 unspecified atom stereocenters. The normalized spacial score (nSPS) is 22.2. The van der Waals surface area contributed by atoms with Gasteiger partial charge in [0.15, 0.2) is 5.78 Å². The molecule has 232 valence electrons. The highest BCUT2D eigenvalue weighted by Crippen LogP contribution is 2.51. The molecule has 4 aromatic carbocycles. The number of nitrogens with zero attached hydrogens (tertiary/aromatic N) is 1. The van der Waals surface area contributed by atoms with Crippen molar-refractivity contribution in [1.82, 2.24) is 15.8 Å². The standard InChI is InChI=1S/C38H40FN3O3/c1-45-32-23-19-28(20-24-32)35-34(37(43)29-13-7-3-8-14-29)33(27-11-5-2-6-12-27)36(42(35)41-31-15-9-4-10-16-31)38(44)40-25-26-17-21-30(39)22-18-26/h2-3,5-8,11-14,17-24,31,33-36,41H,4,9-10,15-16,25H2,1H3,(H,40,44). The Kier molecular flexibility index (Phi) is 9.67. The maximum absolute atomic E-state index is 14.7. The maximum Gasteiger partial charge on any atom is 0.239 e. The van der Waals surface area contributed by atoms with Crippen LogP contribution in [0.5, 0.6) is 5.75 Å². The average Bonchev–Trinajstić information content (AvgIpc) is 3.43. The summed E-state index contributed by atoms with van der Waals surface area (Å²) in [5, 5.41) is 5.23. The first-order chi connectivity index (χ1) is 22.0. The Bertz CT molecular complexity index is 1560. The van der Waals surface area contributed by atoms with E-state index in [1.807, 2.05) is 84.9 Å². The number of amides is 1. The molecular weight excluding hydrogens is 565 g/mol. The lowest BCUT2D eigenvalue weighted by atomic mass is 9.76. The Morgan fingerprint density at radius 1 is 0.800 bits per heavy atom. The van der Waals surface area contributed by atoms with Crippen molar-refractivity contribution in [2.45, 2.75) is 62.7 Å². The van der Waals surface area contributed by atoms with Gasteiger partial charge in [0.25, 0.3) is 0 Å². The molecule has 1 amide bonds. The van der Waals surface area contributed by atoms with Gasteiger partial charge < -0.3 is 10.1 Å². The molecule has 4 aromatic rings. The zero-order valence-electron chi connectivity index (χ0n) is 25.6. The van der Waals surface area contributed by atoms with Crippen LogP contribution in [0.1, 0.15) is 71.1 Å². The second-order valence-corrected chi connectivity index (χ2v) is 12.1. The Morgan fingerprint density at radius 3 is 2.09 bits per heavy atom. The lowest BCUT2D eigenvalue weighted by molar-refractivity contribution is -0.128. The van der Waals surface area contributed by atoms with E-state index < -0.39 is 23.9 Å². The van der Waals surface area contributed by atoms with E-state index in [-0.39, 0.29) is 30.1 Å². The van der Waals surface area contributed by atoms with Crippen LogP contribution in [0.25, 0.3) is 0 Å². The van der Waals surface area contributed by atoms with E-state index in [2.05, 4.69) is 15.8 Å². The number of nitrogens with one attached hydrogen (secondary N) is 2. The number of benzene rings is 4. The van der Waals surface area contributed by atoms with Crippen LogP contribution in [0.3, 0.4) is 0 Å². The lowest BCUT2D eigenvalue weighted by Crippen LogP contribution is -2.55. The first-order valence-electron chi connectivity index (χ1n) is 15.9. The predicted octanol–water partition coefficient (Wildman–Crippen LogP) is 7.00. The van der Waals surface area contributed by atoms with Gasteiger partial charge in [-0.2, -0.15) is 0 Å². The second-order valence-electron chi connectivity index (χ2n) is 12.1. The monoisotopic (exact) mass is 605 g/mol. The van der Waals surface area contributed by atoms with Crippen molar-refractivity contribution in [3.05, 3.63) is 137 Å². The van der Waals surface area contributed by atoms with Gasteiger partial charge in [-0.05, 0) is 53.8 Å². The van der Waals surface area contributed by atoms with E-state index in [1.54, 1.807) is 19.2 Å². The van der Waals surface area contributed by atoms with Gasteiger partial charge in [0.05, 0.1) is 19.1 Å². The van der Waals surface area contributed by atoms with Gasteiger partial charge in [0.1, 0.15) is 17.6 Å². The fraction of sp³-hybridized carbons (Fsp3) is 0.316. The summed E-state index contributed by atoms with van der Waals surface area (Å²) in [6, 6.07) is 32.4. The summed E-state index contributed by atoms with van der Waals surface area (Å²) in [5.41, 5.74) is 7.09. The van der Waals surface area contributed by atoms with E-state index in [1.165, 1.54) is 18.6 Å². The van der Waals surface area contributed by atoms with Gasteiger partial charge in [0.2, 0.25) is 5.91 Å². The molecular formula is C38H40FN3O3. The summed E-state index contributed by atoms with van der Waals surface area (Å²) in [6.07, 6.45) is 5.44. The molecule has 7 heteroatoms. The number of ether oxygens (including phenoxy) is 1. The van der Waals surface area contributed by atoms with Gasteiger partial charge in [0, 0.05) is 24.1 Å². The molecule has 4 atom stereocenters. The second kappa shape index (κ2) is 14.2. The molecule has 1 heterocycles. The summed E-state index contributed by atoms with van der Waals surface area (Å²) >= 11 is 0. The number of hydrogen-bond acceptors (Lipinski definition) is 5. The number of carbonyl (C=O) groups excluding carboxylic acids is 2. The lowest BCUT2D eigenvalue weighted by Gasteiger charge is -2.36. The van der Waals surface area contributed by atoms with Crippen LogP contribution in [0, 0.1) is 11.7 Å². The van der Waals surface area contributed by atoms with E-state index in [0.29, 0.717) is 5.56 Å². The van der Waals surface area contributed by atoms with Crippen molar-refractivity contribution in [2.75, 3.05) is 7.11 Å². The van der Waals surface area contributed by atoms with Gasteiger partial charge in [-0.25, -0.2) is 9.40 Å².